The first-order valence-corrected chi connectivity index (χ1v) is 13.8. The van der Waals surface area contributed by atoms with E-state index in [9.17, 15) is 14.7 Å². The summed E-state index contributed by atoms with van der Waals surface area (Å²) in [6, 6.07) is 12.7. The molecule has 2 aromatic carbocycles. The van der Waals surface area contributed by atoms with Crippen LogP contribution in [0.25, 0.3) is 0 Å². The minimum Gasteiger partial charge on any atom is -0.486 e. The normalized spacial score (nSPS) is 21.3. The maximum absolute atomic E-state index is 13.7. The molecule has 2 aliphatic rings. The third-order valence-corrected chi connectivity index (χ3v) is 7.92. The fraction of sp³-hybridized carbons (Fsp3) is 0.517. The third kappa shape index (κ3) is 6.67. The molecule has 2 amide bonds. The van der Waals surface area contributed by atoms with E-state index in [0.717, 1.165) is 31.5 Å². The van der Waals surface area contributed by atoms with Crippen LogP contribution in [0.1, 0.15) is 42.6 Å². The Morgan fingerprint density at radius 3 is 2.68 bits per heavy atom. The van der Waals surface area contributed by atoms with Gasteiger partial charge in [0, 0.05) is 36.5 Å². The van der Waals surface area contributed by atoms with Crippen molar-refractivity contribution in [3.63, 3.8) is 0 Å². The summed E-state index contributed by atoms with van der Waals surface area (Å²) >= 11 is 6.40. The number of nitrogens with zero attached hydrogens (tertiary/aromatic N) is 2. The summed E-state index contributed by atoms with van der Waals surface area (Å²) in [6.45, 7) is 7.04. The summed E-state index contributed by atoms with van der Waals surface area (Å²) in [5.41, 5.74) is 1.92. The van der Waals surface area contributed by atoms with E-state index in [1.54, 1.807) is 23.1 Å². The fourth-order valence-electron chi connectivity index (χ4n) is 5.17. The van der Waals surface area contributed by atoms with Gasteiger partial charge in [-0.2, -0.15) is 0 Å². The Kier molecular flexibility index (Phi) is 9.65. The second-order valence-corrected chi connectivity index (χ2v) is 11.0. The number of benzene rings is 2. The minimum absolute atomic E-state index is 0.0389. The highest BCUT2D eigenvalue weighted by Crippen LogP contribution is 2.35. The Bertz CT molecular complexity index is 1120. The molecular formula is C29H39ClN4O4. The predicted molar refractivity (Wildman–Crippen MR) is 150 cm³/mol. The van der Waals surface area contributed by atoms with Crippen LogP contribution in [-0.4, -0.2) is 78.7 Å². The average Bonchev–Trinajstić information content (AvgIpc) is 2.92. The Morgan fingerprint density at radius 1 is 1.24 bits per heavy atom. The molecule has 0 aliphatic carbocycles. The number of aliphatic hydroxyl groups excluding tert-OH is 1. The Hall–Kier alpha value is -2.65. The number of aliphatic hydroxyl groups is 1. The second-order valence-electron chi connectivity index (χ2n) is 10.6. The van der Waals surface area contributed by atoms with Crippen LogP contribution in [0.3, 0.4) is 0 Å². The highest BCUT2D eigenvalue weighted by atomic mass is 35.5. The maximum atomic E-state index is 13.7. The lowest BCUT2D eigenvalue weighted by atomic mass is 9.96. The van der Waals surface area contributed by atoms with E-state index in [0.29, 0.717) is 41.7 Å². The molecular weight excluding hydrogens is 504 g/mol. The number of likely N-dealkylation sites (N-methyl/N-ethyl adjacent to an activating group) is 1. The van der Waals surface area contributed by atoms with E-state index < -0.39 is 0 Å². The van der Waals surface area contributed by atoms with Gasteiger partial charge in [0.05, 0.1) is 23.9 Å². The molecule has 3 atom stereocenters. The van der Waals surface area contributed by atoms with E-state index >= 15 is 0 Å². The van der Waals surface area contributed by atoms with Crippen molar-refractivity contribution in [2.45, 2.75) is 45.4 Å². The lowest BCUT2D eigenvalue weighted by Gasteiger charge is -2.38. The number of hydrogen-bond acceptors (Lipinski definition) is 6. The Balaban J connectivity index is 1.64. The number of fused-ring (bicyclic) bond motifs is 1. The smallest absolute Gasteiger partial charge is 0.258 e. The quantitative estimate of drug-likeness (QED) is 0.471. The number of carbonyl (C=O) groups is 2. The molecule has 0 saturated carbocycles. The van der Waals surface area contributed by atoms with E-state index in [1.807, 2.05) is 38.2 Å². The molecule has 2 aromatic rings. The third-order valence-electron chi connectivity index (χ3n) is 7.55. The van der Waals surface area contributed by atoms with Gasteiger partial charge in [-0.15, -0.1) is 0 Å². The van der Waals surface area contributed by atoms with E-state index in [4.69, 9.17) is 16.3 Å². The lowest BCUT2D eigenvalue weighted by Crippen LogP contribution is -2.49. The van der Waals surface area contributed by atoms with Crippen LogP contribution in [0.15, 0.2) is 42.5 Å². The first kappa shape index (κ1) is 28.4. The maximum Gasteiger partial charge on any atom is 0.258 e. The van der Waals surface area contributed by atoms with Crippen molar-refractivity contribution >= 4 is 29.1 Å². The van der Waals surface area contributed by atoms with Crippen molar-refractivity contribution in [3.8, 4) is 5.75 Å². The summed E-state index contributed by atoms with van der Waals surface area (Å²) in [7, 11) is 2.02. The molecule has 1 fully saturated rings. The highest BCUT2D eigenvalue weighted by Gasteiger charge is 2.35. The summed E-state index contributed by atoms with van der Waals surface area (Å²) < 4.78 is 6.63. The Morgan fingerprint density at radius 2 is 1.97 bits per heavy atom. The van der Waals surface area contributed by atoms with Crippen molar-refractivity contribution < 1.29 is 19.4 Å². The van der Waals surface area contributed by atoms with Crippen molar-refractivity contribution in [1.82, 2.24) is 15.1 Å². The first-order valence-electron chi connectivity index (χ1n) is 13.4. The summed E-state index contributed by atoms with van der Waals surface area (Å²) in [5.74, 6) is -0.00685. The summed E-state index contributed by atoms with van der Waals surface area (Å²) in [5, 5.41) is 17.0. The molecule has 9 heteroatoms. The number of piperidine rings is 1. The number of para-hydroxylation sites is 1. The minimum atomic E-state index is -0.356. The van der Waals surface area contributed by atoms with Crippen molar-refractivity contribution in [1.29, 1.82) is 0 Å². The number of hydrogen-bond donors (Lipinski definition) is 3. The summed E-state index contributed by atoms with van der Waals surface area (Å²) in [4.78, 5) is 30.7. The van der Waals surface area contributed by atoms with Gasteiger partial charge in [0.15, 0.2) is 5.75 Å². The number of anilines is 1. The van der Waals surface area contributed by atoms with Crippen LogP contribution < -0.4 is 15.4 Å². The van der Waals surface area contributed by atoms with Crippen LogP contribution in [0.2, 0.25) is 5.02 Å². The SMILES string of the molecule is C[C@@H]1CN([C@@H](C)CO)C(=O)c2cccc(NC(=O)C3CCNCC3)c2O[C@H]1CN(C)Cc1ccccc1Cl. The van der Waals surface area contributed by atoms with Gasteiger partial charge in [0.2, 0.25) is 5.91 Å². The lowest BCUT2D eigenvalue weighted by molar-refractivity contribution is -0.120. The standard InChI is InChI=1S/C29H39ClN4O4/c1-19-15-34(20(2)18-35)29(37)23-8-6-10-25(32-28(36)21-11-13-31-14-12-21)27(23)38-26(19)17-33(3)16-22-7-4-5-9-24(22)30/h4-10,19-21,26,31,35H,11-18H2,1-3H3,(H,32,36)/t19-,20+,26+/m1/s1. The predicted octanol–water partition coefficient (Wildman–Crippen LogP) is 3.63. The zero-order chi connectivity index (χ0) is 27.2. The zero-order valence-corrected chi connectivity index (χ0v) is 23.2. The van der Waals surface area contributed by atoms with Gasteiger partial charge in [0.25, 0.3) is 5.91 Å². The molecule has 4 rings (SSSR count). The van der Waals surface area contributed by atoms with Gasteiger partial charge in [-0.25, -0.2) is 0 Å². The van der Waals surface area contributed by atoms with Crippen LogP contribution in [0, 0.1) is 11.8 Å². The molecule has 0 aromatic heterocycles. The molecule has 38 heavy (non-hydrogen) atoms. The topological polar surface area (TPSA) is 94.1 Å². The molecule has 0 radical (unpaired) electrons. The molecule has 8 nitrogen and oxygen atoms in total. The van der Waals surface area contributed by atoms with Gasteiger partial charge in [-0.1, -0.05) is 42.8 Å². The number of ether oxygens (including phenoxy) is 1. The van der Waals surface area contributed by atoms with Crippen LogP contribution >= 0.6 is 11.6 Å². The zero-order valence-electron chi connectivity index (χ0n) is 22.5. The molecule has 0 bridgehead atoms. The van der Waals surface area contributed by atoms with Crippen molar-refractivity contribution in [3.05, 3.63) is 58.6 Å². The van der Waals surface area contributed by atoms with Crippen LogP contribution in [0.5, 0.6) is 5.75 Å². The molecule has 0 unspecified atom stereocenters. The van der Waals surface area contributed by atoms with Gasteiger partial charge in [-0.3, -0.25) is 14.5 Å². The van der Waals surface area contributed by atoms with Gasteiger partial charge in [0.1, 0.15) is 6.10 Å². The fourth-order valence-corrected chi connectivity index (χ4v) is 5.36. The molecule has 1 saturated heterocycles. The number of halogens is 1. The van der Waals surface area contributed by atoms with Crippen LogP contribution in [0.4, 0.5) is 5.69 Å². The molecule has 206 valence electrons. The van der Waals surface area contributed by atoms with E-state index in [1.165, 1.54) is 0 Å². The van der Waals surface area contributed by atoms with Crippen LogP contribution in [-0.2, 0) is 11.3 Å². The number of rotatable bonds is 8. The van der Waals surface area contributed by atoms with Gasteiger partial charge in [-0.05, 0) is 63.7 Å². The molecule has 3 N–H and O–H groups in total. The van der Waals surface area contributed by atoms with Crippen molar-refractivity contribution in [2.75, 3.05) is 45.2 Å². The van der Waals surface area contributed by atoms with Crippen molar-refractivity contribution in [2.24, 2.45) is 11.8 Å². The van der Waals surface area contributed by atoms with Gasteiger partial charge < -0.3 is 25.4 Å². The number of nitrogens with one attached hydrogen (secondary N) is 2. The van der Waals surface area contributed by atoms with E-state index in [-0.39, 0.29) is 42.4 Å². The summed E-state index contributed by atoms with van der Waals surface area (Å²) in [6.07, 6.45) is 1.27. The molecule has 2 aliphatic heterocycles. The van der Waals surface area contributed by atoms with E-state index in [2.05, 4.69) is 22.5 Å². The Labute approximate surface area is 230 Å². The number of amides is 2. The number of carbonyl (C=O) groups excluding carboxylic acids is 2. The highest BCUT2D eigenvalue weighted by molar-refractivity contribution is 6.31. The van der Waals surface area contributed by atoms with Gasteiger partial charge >= 0.3 is 0 Å². The monoisotopic (exact) mass is 542 g/mol. The molecule has 0 spiro atoms. The largest absolute Gasteiger partial charge is 0.486 e. The molecule has 2 heterocycles. The average molecular weight is 543 g/mol. The second kappa shape index (κ2) is 12.9. The first-order chi connectivity index (χ1) is 18.3.